The van der Waals surface area contributed by atoms with E-state index >= 15 is 0 Å². The van der Waals surface area contributed by atoms with Gasteiger partial charge in [0.05, 0.1) is 11.6 Å². The lowest BCUT2D eigenvalue weighted by Gasteiger charge is -1.97. The van der Waals surface area contributed by atoms with E-state index < -0.39 is 0 Å². The fourth-order valence-corrected chi connectivity index (χ4v) is 2.14. The van der Waals surface area contributed by atoms with Crippen LogP contribution in [0.2, 0.25) is 0 Å². The van der Waals surface area contributed by atoms with Crippen molar-refractivity contribution < 1.29 is 4.79 Å². The normalized spacial score (nSPS) is 10.3. The predicted molar refractivity (Wildman–Crippen MR) is 75.7 cm³/mol. The van der Waals surface area contributed by atoms with Gasteiger partial charge in [-0.05, 0) is 24.6 Å². The number of hydrogen-bond acceptors (Lipinski definition) is 4. The number of thiazole rings is 1. The highest BCUT2D eigenvalue weighted by atomic mass is 32.1. The molecule has 0 bridgehead atoms. The number of amides is 1. The highest BCUT2D eigenvalue weighted by Gasteiger charge is 2.02. The van der Waals surface area contributed by atoms with Gasteiger partial charge in [0.15, 0.2) is 5.13 Å². The molecule has 19 heavy (non-hydrogen) atoms. The summed E-state index contributed by atoms with van der Waals surface area (Å²) in [6.07, 6.45) is 4.72. The molecule has 0 radical (unpaired) electrons. The third-order valence-electron chi connectivity index (χ3n) is 2.35. The standard InChI is InChI=1S/C14H11N3OS/c1-10-9-16-14(19-10)17-13(18)7-6-11-4-2-3-5-12(11)8-15/h2-7,9H,1H3,(H,16,17,18)/b7-6+. The fraction of sp³-hybridized carbons (Fsp3) is 0.0714. The van der Waals surface area contributed by atoms with Crippen molar-refractivity contribution in [1.29, 1.82) is 5.26 Å². The fourth-order valence-electron chi connectivity index (χ4n) is 1.47. The zero-order chi connectivity index (χ0) is 13.7. The van der Waals surface area contributed by atoms with E-state index in [0.29, 0.717) is 10.7 Å². The van der Waals surface area contributed by atoms with Gasteiger partial charge in [-0.25, -0.2) is 4.98 Å². The van der Waals surface area contributed by atoms with Crippen LogP contribution >= 0.6 is 11.3 Å². The van der Waals surface area contributed by atoms with E-state index in [1.807, 2.05) is 13.0 Å². The van der Waals surface area contributed by atoms with Crippen LogP contribution in [-0.2, 0) is 4.79 Å². The Hall–Kier alpha value is -2.45. The van der Waals surface area contributed by atoms with E-state index in [0.717, 1.165) is 10.4 Å². The van der Waals surface area contributed by atoms with Crippen LogP contribution in [0.4, 0.5) is 5.13 Å². The number of carbonyl (C=O) groups is 1. The number of rotatable bonds is 3. The Balaban J connectivity index is 2.06. The lowest BCUT2D eigenvalue weighted by atomic mass is 10.1. The molecule has 0 spiro atoms. The number of anilines is 1. The topological polar surface area (TPSA) is 65.8 Å². The maximum atomic E-state index is 11.7. The van der Waals surface area contributed by atoms with Gasteiger partial charge in [-0.3, -0.25) is 10.1 Å². The van der Waals surface area contributed by atoms with Crippen LogP contribution in [0.15, 0.2) is 36.5 Å². The summed E-state index contributed by atoms with van der Waals surface area (Å²) < 4.78 is 0. The van der Waals surface area contributed by atoms with Crippen LogP contribution < -0.4 is 5.32 Å². The first-order valence-corrected chi connectivity index (χ1v) is 6.41. The number of aryl methyl sites for hydroxylation is 1. The van der Waals surface area contributed by atoms with Crippen molar-refractivity contribution in [2.24, 2.45) is 0 Å². The molecule has 2 aromatic rings. The molecule has 0 saturated heterocycles. The van der Waals surface area contributed by atoms with Gasteiger partial charge in [0.2, 0.25) is 5.91 Å². The van der Waals surface area contributed by atoms with Gasteiger partial charge >= 0.3 is 0 Å². The summed E-state index contributed by atoms with van der Waals surface area (Å²) in [6, 6.07) is 9.18. The van der Waals surface area contributed by atoms with Gasteiger partial charge in [-0.1, -0.05) is 18.2 Å². The molecule has 1 heterocycles. The average molecular weight is 269 g/mol. The molecule has 1 amide bonds. The molecule has 2 rings (SSSR count). The molecule has 0 atom stereocenters. The van der Waals surface area contributed by atoms with Gasteiger partial charge in [-0.15, -0.1) is 11.3 Å². The SMILES string of the molecule is Cc1cnc(NC(=O)/C=C/c2ccccc2C#N)s1. The van der Waals surface area contributed by atoms with Gasteiger partial charge in [-0.2, -0.15) is 5.26 Å². The number of nitriles is 1. The van der Waals surface area contributed by atoms with Gasteiger partial charge in [0, 0.05) is 17.2 Å². The van der Waals surface area contributed by atoms with Crippen molar-refractivity contribution in [1.82, 2.24) is 4.98 Å². The molecular weight excluding hydrogens is 258 g/mol. The largest absolute Gasteiger partial charge is 0.298 e. The monoisotopic (exact) mass is 269 g/mol. The van der Waals surface area contributed by atoms with Crippen molar-refractivity contribution in [2.45, 2.75) is 6.92 Å². The molecule has 5 heteroatoms. The van der Waals surface area contributed by atoms with Crippen molar-refractivity contribution in [3.8, 4) is 6.07 Å². The van der Waals surface area contributed by atoms with Crippen LogP contribution in [-0.4, -0.2) is 10.9 Å². The smallest absolute Gasteiger partial charge is 0.250 e. The molecule has 0 unspecified atom stereocenters. The molecule has 1 N–H and O–H groups in total. The van der Waals surface area contributed by atoms with Gasteiger partial charge in [0.25, 0.3) is 0 Å². The first-order chi connectivity index (χ1) is 9.19. The molecule has 4 nitrogen and oxygen atoms in total. The van der Waals surface area contributed by atoms with Crippen LogP contribution in [0, 0.1) is 18.3 Å². The minimum atomic E-state index is -0.262. The minimum absolute atomic E-state index is 0.262. The Morgan fingerprint density at radius 3 is 2.95 bits per heavy atom. The quantitative estimate of drug-likeness (QED) is 0.871. The third kappa shape index (κ3) is 3.50. The predicted octanol–water partition coefficient (Wildman–Crippen LogP) is 2.98. The van der Waals surface area contributed by atoms with Crippen molar-refractivity contribution in [3.63, 3.8) is 0 Å². The minimum Gasteiger partial charge on any atom is -0.298 e. The molecule has 1 aromatic carbocycles. The number of nitrogens with one attached hydrogen (secondary N) is 1. The summed E-state index contributed by atoms with van der Waals surface area (Å²) in [5, 5.41) is 12.2. The number of carbonyl (C=O) groups excluding carboxylic acids is 1. The molecule has 0 aliphatic heterocycles. The lowest BCUT2D eigenvalue weighted by molar-refractivity contribution is -0.111. The molecule has 94 valence electrons. The molecule has 1 aromatic heterocycles. The van der Waals surface area contributed by atoms with E-state index in [1.165, 1.54) is 17.4 Å². The molecule has 0 aliphatic carbocycles. The highest BCUT2D eigenvalue weighted by Crippen LogP contribution is 2.16. The second kappa shape index (κ2) is 5.94. The van der Waals surface area contributed by atoms with Crippen LogP contribution in [0.3, 0.4) is 0 Å². The summed E-state index contributed by atoms with van der Waals surface area (Å²) in [6.45, 7) is 1.92. The Kier molecular flexibility index (Phi) is 4.06. The van der Waals surface area contributed by atoms with E-state index in [4.69, 9.17) is 5.26 Å². The number of aromatic nitrogens is 1. The number of nitrogens with zero attached hydrogens (tertiary/aromatic N) is 2. The molecule has 0 fully saturated rings. The van der Waals surface area contributed by atoms with E-state index in [1.54, 1.807) is 30.5 Å². The van der Waals surface area contributed by atoms with Crippen molar-refractivity contribution in [3.05, 3.63) is 52.5 Å². The summed E-state index contributed by atoms with van der Waals surface area (Å²) >= 11 is 1.42. The number of benzene rings is 1. The summed E-state index contributed by atoms with van der Waals surface area (Å²) in [7, 11) is 0. The Bertz CT molecular complexity index is 667. The van der Waals surface area contributed by atoms with Gasteiger partial charge in [0.1, 0.15) is 0 Å². The lowest BCUT2D eigenvalue weighted by Crippen LogP contribution is -2.07. The Morgan fingerprint density at radius 2 is 2.26 bits per heavy atom. The highest BCUT2D eigenvalue weighted by molar-refractivity contribution is 7.15. The second-order valence-electron chi connectivity index (χ2n) is 3.80. The maximum absolute atomic E-state index is 11.7. The average Bonchev–Trinajstić information content (AvgIpc) is 2.82. The maximum Gasteiger partial charge on any atom is 0.250 e. The zero-order valence-corrected chi connectivity index (χ0v) is 11.1. The summed E-state index contributed by atoms with van der Waals surface area (Å²) in [4.78, 5) is 16.8. The van der Waals surface area contributed by atoms with Crippen molar-refractivity contribution in [2.75, 3.05) is 5.32 Å². The second-order valence-corrected chi connectivity index (χ2v) is 5.03. The van der Waals surface area contributed by atoms with E-state index in [2.05, 4.69) is 16.4 Å². The first-order valence-electron chi connectivity index (χ1n) is 5.59. The molecule has 0 aliphatic rings. The van der Waals surface area contributed by atoms with Crippen molar-refractivity contribution >= 4 is 28.5 Å². The van der Waals surface area contributed by atoms with Crippen LogP contribution in [0.5, 0.6) is 0 Å². The Labute approximate surface area is 115 Å². The number of hydrogen-bond donors (Lipinski definition) is 1. The van der Waals surface area contributed by atoms with E-state index in [9.17, 15) is 4.79 Å². The first kappa shape index (κ1) is 13.0. The van der Waals surface area contributed by atoms with E-state index in [-0.39, 0.29) is 5.91 Å². The third-order valence-corrected chi connectivity index (χ3v) is 3.18. The Morgan fingerprint density at radius 1 is 1.47 bits per heavy atom. The van der Waals surface area contributed by atoms with Gasteiger partial charge < -0.3 is 0 Å². The summed E-state index contributed by atoms with van der Waals surface area (Å²) in [5.74, 6) is -0.262. The molecule has 0 saturated carbocycles. The summed E-state index contributed by atoms with van der Waals surface area (Å²) in [5.41, 5.74) is 1.26. The molecular formula is C14H11N3OS. The van der Waals surface area contributed by atoms with Crippen LogP contribution in [0.1, 0.15) is 16.0 Å². The zero-order valence-electron chi connectivity index (χ0n) is 10.3. The van der Waals surface area contributed by atoms with Crippen LogP contribution in [0.25, 0.3) is 6.08 Å².